The minimum Gasteiger partial charge on any atom is -0.343 e. The van der Waals surface area contributed by atoms with E-state index in [0.29, 0.717) is 11.6 Å². The Hall–Kier alpha value is -2.42. The number of fused-ring (bicyclic) bond motifs is 1. The third kappa shape index (κ3) is 4.60. The number of rotatable bonds is 8. The van der Waals surface area contributed by atoms with E-state index in [1.165, 1.54) is 23.1 Å². The van der Waals surface area contributed by atoms with E-state index in [4.69, 9.17) is 11.6 Å². The summed E-state index contributed by atoms with van der Waals surface area (Å²) < 4.78 is 17.2. The summed E-state index contributed by atoms with van der Waals surface area (Å²) in [7, 11) is 1.83. The summed E-state index contributed by atoms with van der Waals surface area (Å²) in [5.74, 6) is 0.550. The number of nitrogens with zero attached hydrogens (tertiary/aromatic N) is 5. The summed E-state index contributed by atoms with van der Waals surface area (Å²) in [5.41, 5.74) is 3.23. The molecule has 4 rings (SSSR count). The number of aryl methyl sites for hydroxylation is 1. The number of thioether (sulfide) groups is 1. The van der Waals surface area contributed by atoms with Crippen molar-refractivity contribution in [1.29, 1.82) is 0 Å². The van der Waals surface area contributed by atoms with E-state index in [1.807, 2.05) is 19.2 Å². The number of hydrogen-bond acceptors (Lipinski definition) is 5. The lowest BCUT2D eigenvalue weighted by atomic mass is 10.2. The highest BCUT2D eigenvalue weighted by molar-refractivity contribution is 7.99. The Morgan fingerprint density at radius 1 is 1.17 bits per heavy atom. The molecule has 0 atom stereocenters. The SMILES string of the molecule is Cn1nnnc1SCCNCc1cn(Cc2ccc(F)cc2Cl)c2ccccc12. The van der Waals surface area contributed by atoms with Gasteiger partial charge in [0.15, 0.2) is 0 Å². The Bertz CT molecular complexity index is 1130. The molecule has 0 saturated carbocycles. The lowest BCUT2D eigenvalue weighted by Crippen LogP contribution is -2.16. The van der Waals surface area contributed by atoms with Crippen molar-refractivity contribution in [3.05, 3.63) is 70.6 Å². The molecule has 0 fully saturated rings. The Morgan fingerprint density at radius 3 is 2.83 bits per heavy atom. The second-order valence-corrected chi connectivity index (χ2v) is 8.11. The zero-order valence-electron chi connectivity index (χ0n) is 15.8. The van der Waals surface area contributed by atoms with Crippen molar-refractivity contribution in [3.8, 4) is 0 Å². The molecule has 0 aliphatic rings. The maximum Gasteiger partial charge on any atom is 0.209 e. The van der Waals surface area contributed by atoms with Gasteiger partial charge in [0.2, 0.25) is 5.16 Å². The number of benzene rings is 2. The average Bonchev–Trinajstić information content (AvgIpc) is 3.28. The minimum absolute atomic E-state index is 0.323. The number of hydrogen-bond donors (Lipinski definition) is 1. The van der Waals surface area contributed by atoms with Crippen molar-refractivity contribution in [1.82, 2.24) is 30.1 Å². The number of aromatic nitrogens is 5. The van der Waals surface area contributed by atoms with Crippen LogP contribution in [0.4, 0.5) is 4.39 Å². The summed E-state index contributed by atoms with van der Waals surface area (Å²) in [5, 5.41) is 17.4. The fourth-order valence-electron chi connectivity index (χ4n) is 3.21. The van der Waals surface area contributed by atoms with Gasteiger partial charge in [0.25, 0.3) is 0 Å². The van der Waals surface area contributed by atoms with Gasteiger partial charge in [0, 0.05) is 54.6 Å². The fourth-order valence-corrected chi connectivity index (χ4v) is 4.18. The fraction of sp³-hybridized carbons (Fsp3) is 0.250. The van der Waals surface area contributed by atoms with Gasteiger partial charge in [-0.15, -0.1) is 5.10 Å². The normalized spacial score (nSPS) is 11.4. The van der Waals surface area contributed by atoms with Crippen LogP contribution in [0.15, 0.2) is 53.8 Å². The van der Waals surface area contributed by atoms with Crippen LogP contribution in [0.3, 0.4) is 0 Å². The van der Waals surface area contributed by atoms with Gasteiger partial charge in [-0.3, -0.25) is 0 Å². The molecule has 9 heteroatoms. The van der Waals surface area contributed by atoms with Crippen molar-refractivity contribution < 1.29 is 4.39 Å². The third-order valence-corrected chi connectivity index (χ3v) is 6.00. The zero-order chi connectivity index (χ0) is 20.2. The highest BCUT2D eigenvalue weighted by Gasteiger charge is 2.10. The molecule has 150 valence electrons. The number of tetrazole rings is 1. The predicted octanol–water partition coefficient (Wildman–Crippen LogP) is 3.89. The molecule has 0 unspecified atom stereocenters. The molecule has 0 aliphatic carbocycles. The van der Waals surface area contributed by atoms with Crippen LogP contribution >= 0.6 is 23.4 Å². The monoisotopic (exact) mass is 430 g/mol. The number of para-hydroxylation sites is 1. The molecule has 29 heavy (non-hydrogen) atoms. The van der Waals surface area contributed by atoms with Crippen LogP contribution in [0.2, 0.25) is 5.02 Å². The molecule has 2 aromatic carbocycles. The molecule has 4 aromatic rings. The molecule has 0 bridgehead atoms. The molecule has 0 amide bonds. The molecular formula is C20H20ClFN6S. The zero-order valence-corrected chi connectivity index (χ0v) is 17.4. The molecule has 0 spiro atoms. The van der Waals surface area contributed by atoms with Gasteiger partial charge in [-0.25, -0.2) is 9.07 Å². The van der Waals surface area contributed by atoms with Crippen LogP contribution in [0.5, 0.6) is 0 Å². The van der Waals surface area contributed by atoms with Crippen LogP contribution in [0, 0.1) is 5.82 Å². The molecule has 2 aromatic heterocycles. The molecule has 6 nitrogen and oxygen atoms in total. The predicted molar refractivity (Wildman–Crippen MR) is 114 cm³/mol. The Balaban J connectivity index is 1.43. The van der Waals surface area contributed by atoms with Gasteiger partial charge >= 0.3 is 0 Å². The maximum atomic E-state index is 13.3. The Labute approximate surface area is 177 Å². The first-order chi connectivity index (χ1) is 14.1. The quantitative estimate of drug-likeness (QED) is 0.339. The van der Waals surface area contributed by atoms with Gasteiger partial charge in [-0.2, -0.15) is 0 Å². The average molecular weight is 431 g/mol. The van der Waals surface area contributed by atoms with E-state index in [2.05, 4.69) is 43.7 Å². The highest BCUT2D eigenvalue weighted by Crippen LogP contribution is 2.25. The third-order valence-electron chi connectivity index (χ3n) is 4.63. The van der Waals surface area contributed by atoms with E-state index in [1.54, 1.807) is 22.5 Å². The van der Waals surface area contributed by atoms with Gasteiger partial charge in [-0.05, 0) is 39.8 Å². The molecule has 0 saturated heterocycles. The van der Waals surface area contributed by atoms with Crippen molar-refractivity contribution in [2.24, 2.45) is 7.05 Å². The summed E-state index contributed by atoms with van der Waals surface area (Å²) in [6, 6.07) is 12.8. The standard InChI is InChI=1S/C20H20ClFN6S/c1-27-20(24-25-26-27)29-9-8-23-11-15-13-28(19-5-3-2-4-17(15)19)12-14-6-7-16(22)10-18(14)21/h2-7,10,13,23H,8-9,11-12H2,1H3. The van der Waals surface area contributed by atoms with Crippen molar-refractivity contribution in [2.75, 3.05) is 12.3 Å². The summed E-state index contributed by atoms with van der Waals surface area (Å²) >= 11 is 7.84. The largest absolute Gasteiger partial charge is 0.343 e. The molecule has 2 heterocycles. The molecule has 0 aliphatic heterocycles. The van der Waals surface area contributed by atoms with Crippen LogP contribution in [0.25, 0.3) is 10.9 Å². The Kier molecular flexibility index (Phi) is 6.13. The highest BCUT2D eigenvalue weighted by atomic mass is 35.5. The lowest BCUT2D eigenvalue weighted by molar-refractivity contribution is 0.626. The topological polar surface area (TPSA) is 60.6 Å². The first-order valence-electron chi connectivity index (χ1n) is 9.18. The lowest BCUT2D eigenvalue weighted by Gasteiger charge is -2.07. The number of nitrogens with one attached hydrogen (secondary N) is 1. The van der Waals surface area contributed by atoms with E-state index in [9.17, 15) is 4.39 Å². The second-order valence-electron chi connectivity index (χ2n) is 6.65. The van der Waals surface area contributed by atoms with Gasteiger partial charge in [-0.1, -0.05) is 47.6 Å². The van der Waals surface area contributed by atoms with Gasteiger partial charge in [0.05, 0.1) is 0 Å². The maximum absolute atomic E-state index is 13.3. The van der Waals surface area contributed by atoms with Crippen LogP contribution < -0.4 is 5.32 Å². The minimum atomic E-state index is -0.323. The van der Waals surface area contributed by atoms with Crippen molar-refractivity contribution in [2.45, 2.75) is 18.2 Å². The van der Waals surface area contributed by atoms with E-state index in [-0.39, 0.29) is 5.82 Å². The second kappa shape index (κ2) is 8.94. The summed E-state index contributed by atoms with van der Waals surface area (Å²) in [4.78, 5) is 0. The van der Waals surface area contributed by atoms with E-state index >= 15 is 0 Å². The smallest absolute Gasteiger partial charge is 0.209 e. The van der Waals surface area contributed by atoms with Gasteiger partial charge in [0.1, 0.15) is 5.82 Å². The number of halogens is 2. The van der Waals surface area contributed by atoms with Crippen LogP contribution in [-0.2, 0) is 20.1 Å². The van der Waals surface area contributed by atoms with Gasteiger partial charge < -0.3 is 9.88 Å². The van der Waals surface area contributed by atoms with E-state index in [0.717, 1.165) is 35.1 Å². The first-order valence-corrected chi connectivity index (χ1v) is 10.5. The molecule has 0 radical (unpaired) electrons. The first kappa shape index (κ1) is 19.9. The molecular weight excluding hydrogens is 411 g/mol. The summed E-state index contributed by atoms with van der Waals surface area (Å²) in [6.07, 6.45) is 2.14. The van der Waals surface area contributed by atoms with Crippen LogP contribution in [0.1, 0.15) is 11.1 Å². The van der Waals surface area contributed by atoms with E-state index < -0.39 is 0 Å². The molecule has 1 N–H and O–H groups in total. The Morgan fingerprint density at radius 2 is 2.03 bits per heavy atom. The van der Waals surface area contributed by atoms with Crippen LogP contribution in [-0.4, -0.2) is 37.1 Å². The van der Waals surface area contributed by atoms with Crippen molar-refractivity contribution >= 4 is 34.3 Å². The van der Waals surface area contributed by atoms with Crippen molar-refractivity contribution in [3.63, 3.8) is 0 Å². The summed E-state index contributed by atoms with van der Waals surface area (Å²) in [6.45, 7) is 2.18.